The fourth-order valence-corrected chi connectivity index (χ4v) is 2.73. The third-order valence-electron chi connectivity index (χ3n) is 4.23. The summed E-state index contributed by atoms with van der Waals surface area (Å²) < 4.78 is 12.9. The summed E-state index contributed by atoms with van der Waals surface area (Å²) in [4.78, 5) is 27.4. The number of aliphatic hydroxyl groups is 1. The first-order chi connectivity index (χ1) is 13.6. The molecular weight excluding hydrogens is 361 g/mol. The van der Waals surface area contributed by atoms with Crippen molar-refractivity contribution in [1.29, 1.82) is 0 Å². The normalized spacial score (nSPS) is 12.2. The number of aromatic nitrogens is 1. The molecule has 0 unspecified atom stereocenters. The molecular formula is C21H20FN3O3. The van der Waals surface area contributed by atoms with Gasteiger partial charge in [-0.3, -0.25) is 9.59 Å². The summed E-state index contributed by atoms with van der Waals surface area (Å²) in [6, 6.07) is 12.3. The molecule has 0 fully saturated rings. The van der Waals surface area contributed by atoms with Crippen molar-refractivity contribution in [2.45, 2.75) is 12.6 Å². The molecule has 0 radical (unpaired) electrons. The highest BCUT2D eigenvalue weighted by Crippen LogP contribution is 2.18. The van der Waals surface area contributed by atoms with Gasteiger partial charge in [-0.25, -0.2) is 4.39 Å². The van der Waals surface area contributed by atoms with Gasteiger partial charge in [-0.05, 0) is 35.4 Å². The molecule has 6 nitrogen and oxygen atoms in total. The number of benzene rings is 2. The van der Waals surface area contributed by atoms with E-state index in [0.717, 1.165) is 16.5 Å². The Morgan fingerprint density at radius 3 is 2.64 bits per heavy atom. The van der Waals surface area contributed by atoms with Crippen LogP contribution in [-0.2, 0) is 16.1 Å². The minimum Gasteiger partial charge on any atom is -0.394 e. The van der Waals surface area contributed by atoms with Crippen molar-refractivity contribution in [2.75, 3.05) is 6.61 Å². The summed E-state index contributed by atoms with van der Waals surface area (Å²) in [5.41, 5.74) is 2.50. The van der Waals surface area contributed by atoms with Crippen LogP contribution in [0, 0.1) is 5.82 Å². The van der Waals surface area contributed by atoms with Gasteiger partial charge in [0.05, 0.1) is 6.61 Å². The highest BCUT2D eigenvalue weighted by molar-refractivity contribution is 5.98. The number of rotatable bonds is 7. The smallest absolute Gasteiger partial charge is 0.245 e. The highest BCUT2D eigenvalue weighted by Gasteiger charge is 2.18. The van der Waals surface area contributed by atoms with E-state index in [2.05, 4.69) is 15.6 Å². The molecule has 0 aliphatic heterocycles. The van der Waals surface area contributed by atoms with Crippen molar-refractivity contribution in [3.63, 3.8) is 0 Å². The van der Waals surface area contributed by atoms with Gasteiger partial charge in [0.15, 0.2) is 0 Å². The predicted molar refractivity (Wildman–Crippen MR) is 105 cm³/mol. The molecule has 0 saturated carbocycles. The van der Waals surface area contributed by atoms with Gasteiger partial charge in [0.1, 0.15) is 11.9 Å². The molecule has 2 aromatic carbocycles. The van der Waals surface area contributed by atoms with E-state index >= 15 is 0 Å². The van der Waals surface area contributed by atoms with E-state index in [4.69, 9.17) is 0 Å². The maximum absolute atomic E-state index is 12.9. The van der Waals surface area contributed by atoms with E-state index in [9.17, 15) is 19.1 Å². The lowest BCUT2D eigenvalue weighted by molar-refractivity contribution is -0.128. The minimum absolute atomic E-state index is 0.163. The van der Waals surface area contributed by atoms with E-state index in [-0.39, 0.29) is 12.4 Å². The van der Waals surface area contributed by atoms with Gasteiger partial charge in [-0.1, -0.05) is 30.3 Å². The molecule has 3 aromatic rings. The number of fused-ring (bicyclic) bond motifs is 1. The number of carbonyl (C=O) groups is 2. The molecule has 28 heavy (non-hydrogen) atoms. The van der Waals surface area contributed by atoms with Gasteiger partial charge in [0.2, 0.25) is 11.8 Å². The monoisotopic (exact) mass is 381 g/mol. The Morgan fingerprint density at radius 2 is 1.89 bits per heavy atom. The number of para-hydroxylation sites is 1. The van der Waals surface area contributed by atoms with E-state index in [0.29, 0.717) is 5.56 Å². The van der Waals surface area contributed by atoms with Crippen LogP contribution in [0.15, 0.2) is 60.8 Å². The van der Waals surface area contributed by atoms with Gasteiger partial charge in [0.25, 0.3) is 0 Å². The van der Waals surface area contributed by atoms with Crippen molar-refractivity contribution in [3.8, 4) is 0 Å². The first-order valence-electron chi connectivity index (χ1n) is 8.74. The Labute approximate surface area is 161 Å². The fourth-order valence-electron chi connectivity index (χ4n) is 2.73. The molecule has 1 atom stereocenters. The number of nitrogens with one attached hydrogen (secondary N) is 3. The Balaban J connectivity index is 1.56. The van der Waals surface area contributed by atoms with Gasteiger partial charge in [-0.2, -0.15) is 0 Å². The van der Waals surface area contributed by atoms with E-state index < -0.39 is 24.5 Å². The molecule has 1 heterocycles. The lowest BCUT2D eigenvalue weighted by atomic mass is 10.1. The number of hydrogen-bond donors (Lipinski definition) is 4. The topological polar surface area (TPSA) is 94.2 Å². The summed E-state index contributed by atoms with van der Waals surface area (Å²) >= 11 is 0. The van der Waals surface area contributed by atoms with Crippen LogP contribution in [0.2, 0.25) is 0 Å². The molecule has 144 valence electrons. The summed E-state index contributed by atoms with van der Waals surface area (Å²) in [7, 11) is 0. The quantitative estimate of drug-likeness (QED) is 0.472. The minimum atomic E-state index is -1.08. The van der Waals surface area contributed by atoms with Crippen molar-refractivity contribution in [2.24, 2.45) is 0 Å². The van der Waals surface area contributed by atoms with E-state index in [1.165, 1.54) is 18.2 Å². The number of carbonyl (C=O) groups excluding carboxylic acids is 2. The number of halogens is 1. The third kappa shape index (κ3) is 4.83. The van der Waals surface area contributed by atoms with Gasteiger partial charge >= 0.3 is 0 Å². The molecule has 4 N–H and O–H groups in total. The van der Waals surface area contributed by atoms with Crippen LogP contribution in [0.3, 0.4) is 0 Å². The number of hydrogen-bond acceptors (Lipinski definition) is 3. The van der Waals surface area contributed by atoms with Crippen LogP contribution in [0.5, 0.6) is 0 Å². The lowest BCUT2D eigenvalue weighted by Gasteiger charge is -2.15. The zero-order chi connectivity index (χ0) is 19.9. The molecule has 0 saturated heterocycles. The number of amides is 2. The van der Waals surface area contributed by atoms with Crippen LogP contribution in [0.25, 0.3) is 17.0 Å². The second-order valence-electron chi connectivity index (χ2n) is 6.21. The molecule has 2 amide bonds. The van der Waals surface area contributed by atoms with Crippen molar-refractivity contribution in [1.82, 2.24) is 15.6 Å². The number of aromatic amines is 1. The standard InChI is InChI=1S/C21H20FN3O3/c22-16-8-5-14(6-9-16)11-24-21(28)19(13-26)25-20(27)10-7-15-12-23-18-4-2-1-3-17(15)18/h1-10,12,19,23,26H,11,13H2,(H,24,28)(H,25,27)/t19-/m0/s1. The van der Waals surface area contributed by atoms with Gasteiger partial charge < -0.3 is 20.7 Å². The highest BCUT2D eigenvalue weighted by atomic mass is 19.1. The molecule has 0 spiro atoms. The van der Waals surface area contributed by atoms with Gasteiger partial charge in [-0.15, -0.1) is 0 Å². The Bertz CT molecular complexity index is 996. The molecule has 0 aliphatic rings. The third-order valence-corrected chi connectivity index (χ3v) is 4.23. The zero-order valence-corrected chi connectivity index (χ0v) is 15.0. The summed E-state index contributed by atoms with van der Waals surface area (Å²) in [5, 5.41) is 15.5. The summed E-state index contributed by atoms with van der Waals surface area (Å²) in [6.45, 7) is -0.376. The van der Waals surface area contributed by atoms with E-state index in [1.807, 2.05) is 24.3 Å². The summed E-state index contributed by atoms with van der Waals surface area (Å²) in [5.74, 6) is -1.39. The molecule has 3 rings (SSSR count). The van der Waals surface area contributed by atoms with Crippen LogP contribution in [0.4, 0.5) is 4.39 Å². The zero-order valence-electron chi connectivity index (χ0n) is 15.0. The molecule has 0 aliphatic carbocycles. The Hall–Kier alpha value is -3.45. The average Bonchev–Trinajstić information content (AvgIpc) is 3.13. The van der Waals surface area contributed by atoms with Crippen LogP contribution >= 0.6 is 0 Å². The number of aliphatic hydroxyl groups excluding tert-OH is 1. The van der Waals surface area contributed by atoms with Crippen molar-refractivity contribution < 1.29 is 19.1 Å². The van der Waals surface area contributed by atoms with E-state index in [1.54, 1.807) is 24.4 Å². The van der Waals surface area contributed by atoms with Crippen molar-refractivity contribution in [3.05, 3.63) is 77.7 Å². The van der Waals surface area contributed by atoms with Crippen LogP contribution in [-0.4, -0.2) is 34.6 Å². The average molecular weight is 381 g/mol. The van der Waals surface area contributed by atoms with Gasteiger partial charge in [0, 0.05) is 29.7 Å². The Kier molecular flexibility index (Phi) is 6.18. The second kappa shape index (κ2) is 8.96. The van der Waals surface area contributed by atoms with Crippen LogP contribution in [0.1, 0.15) is 11.1 Å². The second-order valence-corrected chi connectivity index (χ2v) is 6.21. The van der Waals surface area contributed by atoms with Crippen LogP contribution < -0.4 is 10.6 Å². The maximum Gasteiger partial charge on any atom is 0.245 e. The molecule has 7 heteroatoms. The largest absolute Gasteiger partial charge is 0.394 e. The number of H-pyrrole nitrogens is 1. The summed E-state index contributed by atoms with van der Waals surface area (Å²) in [6.07, 6.45) is 4.73. The maximum atomic E-state index is 12.9. The first-order valence-corrected chi connectivity index (χ1v) is 8.74. The fraction of sp³-hybridized carbons (Fsp3) is 0.143. The SMILES string of the molecule is O=C(C=Cc1c[nH]c2ccccc12)N[C@@H](CO)C(=O)NCc1ccc(F)cc1. The van der Waals surface area contributed by atoms with Crippen molar-refractivity contribution >= 4 is 28.8 Å². The molecule has 0 bridgehead atoms. The lowest BCUT2D eigenvalue weighted by Crippen LogP contribution is -2.48. The Morgan fingerprint density at radius 1 is 1.14 bits per heavy atom. The predicted octanol–water partition coefficient (Wildman–Crippen LogP) is 2.11. The molecule has 1 aromatic heterocycles. The first kappa shape index (κ1) is 19.3.